The van der Waals surface area contributed by atoms with E-state index in [4.69, 9.17) is 17.3 Å². The van der Waals surface area contributed by atoms with Crippen molar-refractivity contribution >= 4 is 34.3 Å². The molecule has 1 aliphatic heterocycles. The predicted molar refractivity (Wildman–Crippen MR) is 74.9 cm³/mol. The number of nitrogens with zero attached hydrogens (tertiary/aromatic N) is 1. The predicted octanol–water partition coefficient (Wildman–Crippen LogP) is 1.58. The Bertz CT molecular complexity index is 492. The normalized spacial score (nSPS) is 23.4. The number of aromatic carboxylic acids is 1. The number of carboxylic acid groups (broad SMARTS) is 1. The summed E-state index contributed by atoms with van der Waals surface area (Å²) in [6, 6.07) is 6.85. The number of carbonyl (C=O) groups is 1. The van der Waals surface area contributed by atoms with Crippen molar-refractivity contribution in [3.05, 3.63) is 35.4 Å². The van der Waals surface area contributed by atoms with Crippen LogP contribution in [-0.2, 0) is 6.42 Å². The maximum absolute atomic E-state index is 11.1. The first-order valence-corrected chi connectivity index (χ1v) is 6.72. The zero-order valence-corrected chi connectivity index (χ0v) is 11.4. The van der Waals surface area contributed by atoms with E-state index in [-0.39, 0.29) is 10.8 Å². The van der Waals surface area contributed by atoms with Gasteiger partial charge in [0.1, 0.15) is 10.5 Å². The average molecular weight is 283 g/mol. The third-order valence-electron chi connectivity index (χ3n) is 2.94. The number of aliphatic hydroxyl groups is 1. The number of hydrogen-bond acceptors (Lipinski definition) is 4. The Kier molecular flexibility index (Phi) is 3.89. The van der Waals surface area contributed by atoms with E-state index in [0.717, 1.165) is 5.56 Å². The summed E-state index contributed by atoms with van der Waals surface area (Å²) < 4.78 is 0.639. The van der Waals surface area contributed by atoms with Crippen molar-refractivity contribution in [3.63, 3.8) is 0 Å². The van der Waals surface area contributed by atoms with Gasteiger partial charge >= 0.3 is 5.97 Å². The summed E-state index contributed by atoms with van der Waals surface area (Å²) in [6.07, 6.45) is -0.178. The Labute approximate surface area is 115 Å². The van der Waals surface area contributed by atoms with Gasteiger partial charge in [-0.3, -0.25) is 0 Å². The molecule has 0 aromatic heterocycles. The number of thiocarbonyl (C=S) groups is 1. The summed E-state index contributed by atoms with van der Waals surface area (Å²) in [7, 11) is 1.74. The van der Waals surface area contributed by atoms with Gasteiger partial charge in [-0.2, -0.15) is 0 Å². The standard InChI is InChI=1S/C12H13NO3S2/c1-13-10(14)9(18-12(13)17)6-7-4-2-3-5-8(7)11(15)16/h2-5,9-10,14H,6H2,1H3,(H,15,16)/t9-,10+/m0/s1. The molecule has 2 atom stereocenters. The number of benzene rings is 1. The third-order valence-corrected chi connectivity index (χ3v) is 4.72. The highest BCUT2D eigenvalue weighted by Crippen LogP contribution is 2.32. The summed E-state index contributed by atoms with van der Waals surface area (Å²) in [5.41, 5.74) is 1.01. The molecule has 2 N–H and O–H groups in total. The minimum Gasteiger partial charge on any atom is -0.478 e. The largest absolute Gasteiger partial charge is 0.478 e. The Hall–Kier alpha value is -1.11. The van der Waals surface area contributed by atoms with Crippen LogP contribution < -0.4 is 0 Å². The van der Waals surface area contributed by atoms with Crippen LogP contribution in [0.5, 0.6) is 0 Å². The van der Waals surface area contributed by atoms with Crippen molar-refractivity contribution in [1.82, 2.24) is 4.90 Å². The number of aliphatic hydroxyl groups excluding tert-OH is 1. The molecule has 6 heteroatoms. The van der Waals surface area contributed by atoms with Crippen LogP contribution in [-0.4, -0.2) is 43.9 Å². The second kappa shape index (κ2) is 5.26. The summed E-state index contributed by atoms with van der Waals surface area (Å²) in [4.78, 5) is 12.7. The van der Waals surface area contributed by atoms with Crippen molar-refractivity contribution in [2.45, 2.75) is 17.9 Å². The fourth-order valence-electron chi connectivity index (χ4n) is 1.90. The first kappa shape index (κ1) is 13.3. The maximum Gasteiger partial charge on any atom is 0.335 e. The van der Waals surface area contributed by atoms with Gasteiger partial charge in [-0.1, -0.05) is 42.2 Å². The molecular weight excluding hydrogens is 270 g/mol. The van der Waals surface area contributed by atoms with Crippen LogP contribution in [0.25, 0.3) is 0 Å². The van der Waals surface area contributed by atoms with Crippen molar-refractivity contribution in [1.29, 1.82) is 0 Å². The molecule has 1 aliphatic rings. The molecule has 18 heavy (non-hydrogen) atoms. The molecule has 0 amide bonds. The zero-order valence-electron chi connectivity index (χ0n) is 9.74. The lowest BCUT2D eigenvalue weighted by Crippen LogP contribution is -2.33. The zero-order chi connectivity index (χ0) is 13.3. The van der Waals surface area contributed by atoms with Gasteiger partial charge < -0.3 is 15.1 Å². The molecule has 0 radical (unpaired) electrons. The molecule has 2 rings (SSSR count). The van der Waals surface area contributed by atoms with E-state index >= 15 is 0 Å². The Morgan fingerprint density at radius 3 is 2.72 bits per heavy atom. The van der Waals surface area contributed by atoms with Crippen LogP contribution in [0.3, 0.4) is 0 Å². The van der Waals surface area contributed by atoms with E-state index in [9.17, 15) is 9.90 Å². The van der Waals surface area contributed by atoms with Crippen LogP contribution in [0.1, 0.15) is 15.9 Å². The lowest BCUT2D eigenvalue weighted by atomic mass is 10.0. The lowest BCUT2D eigenvalue weighted by molar-refractivity contribution is 0.0688. The van der Waals surface area contributed by atoms with E-state index in [1.807, 2.05) is 0 Å². The number of carboxylic acids is 1. The van der Waals surface area contributed by atoms with Crippen LogP contribution in [0.15, 0.2) is 24.3 Å². The van der Waals surface area contributed by atoms with Crippen LogP contribution in [0, 0.1) is 0 Å². The molecule has 1 saturated heterocycles. The first-order valence-electron chi connectivity index (χ1n) is 5.43. The van der Waals surface area contributed by atoms with E-state index in [1.54, 1.807) is 36.2 Å². The van der Waals surface area contributed by atoms with E-state index in [0.29, 0.717) is 10.7 Å². The second-order valence-electron chi connectivity index (χ2n) is 4.11. The van der Waals surface area contributed by atoms with E-state index in [1.165, 1.54) is 11.8 Å². The number of hydrogen-bond donors (Lipinski definition) is 2. The highest BCUT2D eigenvalue weighted by molar-refractivity contribution is 8.23. The summed E-state index contributed by atoms with van der Waals surface area (Å²) in [5, 5.41) is 19.0. The molecule has 0 spiro atoms. The van der Waals surface area contributed by atoms with Crippen LogP contribution >= 0.6 is 24.0 Å². The Morgan fingerprint density at radius 1 is 1.50 bits per heavy atom. The van der Waals surface area contributed by atoms with E-state index in [2.05, 4.69) is 0 Å². The highest BCUT2D eigenvalue weighted by atomic mass is 32.2. The van der Waals surface area contributed by atoms with Gasteiger partial charge in [0.05, 0.1) is 10.8 Å². The SMILES string of the molecule is CN1C(=S)S[C@@H](Cc2ccccc2C(=O)O)[C@H]1O. The minimum absolute atomic E-state index is 0.122. The average Bonchev–Trinajstić information content (AvgIpc) is 2.57. The molecule has 0 unspecified atom stereocenters. The molecule has 96 valence electrons. The van der Waals surface area contributed by atoms with Gasteiger partial charge in [-0.15, -0.1) is 0 Å². The molecular formula is C12H13NO3S2. The molecule has 1 aromatic rings. The smallest absolute Gasteiger partial charge is 0.335 e. The molecule has 1 heterocycles. The van der Waals surface area contributed by atoms with Gasteiger partial charge in [-0.05, 0) is 18.1 Å². The third kappa shape index (κ3) is 2.50. The minimum atomic E-state index is -0.945. The van der Waals surface area contributed by atoms with Gasteiger partial charge in [-0.25, -0.2) is 4.79 Å². The molecule has 4 nitrogen and oxygen atoms in total. The fraction of sp³-hybridized carbons (Fsp3) is 0.333. The topological polar surface area (TPSA) is 60.8 Å². The first-order chi connectivity index (χ1) is 8.50. The van der Waals surface area contributed by atoms with Crippen molar-refractivity contribution < 1.29 is 15.0 Å². The monoisotopic (exact) mass is 283 g/mol. The maximum atomic E-state index is 11.1. The van der Waals surface area contributed by atoms with Gasteiger partial charge in [0, 0.05) is 7.05 Å². The van der Waals surface area contributed by atoms with Gasteiger partial charge in [0.2, 0.25) is 0 Å². The number of rotatable bonds is 3. The summed E-state index contributed by atoms with van der Waals surface area (Å²) in [6.45, 7) is 0. The molecule has 1 aromatic carbocycles. The Balaban J connectivity index is 2.20. The van der Waals surface area contributed by atoms with Crippen molar-refractivity contribution in [3.8, 4) is 0 Å². The highest BCUT2D eigenvalue weighted by Gasteiger charge is 2.35. The van der Waals surface area contributed by atoms with Crippen molar-refractivity contribution in [2.75, 3.05) is 7.05 Å². The fourth-order valence-corrected chi connectivity index (χ4v) is 3.48. The van der Waals surface area contributed by atoms with Crippen LogP contribution in [0.4, 0.5) is 0 Å². The van der Waals surface area contributed by atoms with E-state index < -0.39 is 12.2 Å². The van der Waals surface area contributed by atoms with Gasteiger partial charge in [0.25, 0.3) is 0 Å². The lowest BCUT2D eigenvalue weighted by Gasteiger charge is -2.19. The Morgan fingerprint density at radius 2 is 2.17 bits per heavy atom. The van der Waals surface area contributed by atoms with Gasteiger partial charge in [0.15, 0.2) is 0 Å². The quantitative estimate of drug-likeness (QED) is 0.821. The number of thioether (sulfide) groups is 1. The second-order valence-corrected chi connectivity index (χ2v) is 5.99. The molecule has 0 saturated carbocycles. The molecule has 1 fully saturated rings. The molecule has 0 aliphatic carbocycles. The van der Waals surface area contributed by atoms with Crippen LogP contribution in [0.2, 0.25) is 0 Å². The summed E-state index contributed by atoms with van der Waals surface area (Å²) >= 11 is 6.52. The summed E-state index contributed by atoms with van der Waals surface area (Å²) in [5.74, 6) is -0.945. The van der Waals surface area contributed by atoms with Crippen molar-refractivity contribution in [2.24, 2.45) is 0 Å². The molecule has 0 bridgehead atoms.